The second kappa shape index (κ2) is 4.23. The molecule has 2 nitrogen and oxygen atoms in total. The van der Waals surface area contributed by atoms with E-state index in [1.165, 1.54) is 0 Å². The lowest BCUT2D eigenvalue weighted by molar-refractivity contribution is 0.408. The molecule has 0 aliphatic rings. The van der Waals surface area contributed by atoms with Crippen LogP contribution in [-0.4, -0.2) is 5.11 Å². The molecule has 2 heteroatoms. The fourth-order valence-corrected chi connectivity index (χ4v) is 1.97. The third kappa shape index (κ3) is 2.15. The van der Waals surface area contributed by atoms with Crippen molar-refractivity contribution in [2.75, 3.05) is 0 Å². The van der Waals surface area contributed by atoms with E-state index in [0.717, 1.165) is 29.5 Å². The Kier molecular flexibility index (Phi) is 3.40. The minimum absolute atomic E-state index is 0.261. The minimum Gasteiger partial charge on any atom is -0.508 e. The van der Waals surface area contributed by atoms with Crippen LogP contribution < -0.4 is 5.73 Å². The van der Waals surface area contributed by atoms with Gasteiger partial charge in [-0.15, -0.1) is 0 Å². The first-order chi connectivity index (χ1) is 6.94. The van der Waals surface area contributed by atoms with Crippen LogP contribution in [-0.2, 0) is 5.54 Å². The van der Waals surface area contributed by atoms with Gasteiger partial charge >= 0.3 is 0 Å². The topological polar surface area (TPSA) is 46.2 Å². The number of phenols is 1. The quantitative estimate of drug-likeness (QED) is 0.800. The Balaban J connectivity index is 3.30. The number of benzene rings is 1. The summed E-state index contributed by atoms with van der Waals surface area (Å²) in [4.78, 5) is 0. The monoisotopic (exact) mass is 207 g/mol. The number of aromatic hydroxyl groups is 1. The Morgan fingerprint density at radius 3 is 2.13 bits per heavy atom. The average molecular weight is 207 g/mol. The molecule has 0 radical (unpaired) electrons. The predicted octanol–water partition coefficient (Wildman–Crippen LogP) is 2.98. The van der Waals surface area contributed by atoms with Crippen molar-refractivity contribution in [2.45, 2.75) is 46.1 Å². The Morgan fingerprint density at radius 1 is 1.13 bits per heavy atom. The average Bonchev–Trinajstić information content (AvgIpc) is 2.22. The number of rotatable bonds is 3. The molecule has 1 aromatic carbocycles. The first-order valence-corrected chi connectivity index (χ1v) is 5.54. The van der Waals surface area contributed by atoms with Crippen LogP contribution >= 0.6 is 0 Å². The molecule has 0 aliphatic carbocycles. The van der Waals surface area contributed by atoms with Crippen LogP contribution in [0.4, 0.5) is 0 Å². The first kappa shape index (κ1) is 12.1. The van der Waals surface area contributed by atoms with Crippen molar-refractivity contribution < 1.29 is 5.11 Å². The smallest absolute Gasteiger partial charge is 0.118 e. The normalized spacial score (nSPS) is 11.8. The zero-order chi connectivity index (χ0) is 11.6. The summed E-state index contributed by atoms with van der Waals surface area (Å²) >= 11 is 0. The molecule has 0 saturated heterocycles. The number of phenolic OH excluding ortho intramolecular Hbond substituents is 1. The zero-order valence-electron chi connectivity index (χ0n) is 10.1. The van der Waals surface area contributed by atoms with Crippen molar-refractivity contribution in [3.8, 4) is 5.75 Å². The van der Waals surface area contributed by atoms with Crippen LogP contribution in [0.2, 0.25) is 0 Å². The van der Waals surface area contributed by atoms with Gasteiger partial charge in [0.2, 0.25) is 0 Å². The van der Waals surface area contributed by atoms with E-state index < -0.39 is 0 Å². The van der Waals surface area contributed by atoms with Gasteiger partial charge in [0.15, 0.2) is 0 Å². The van der Waals surface area contributed by atoms with E-state index in [2.05, 4.69) is 13.8 Å². The summed E-state index contributed by atoms with van der Waals surface area (Å²) in [6, 6.07) is 3.81. The van der Waals surface area contributed by atoms with Gasteiger partial charge in [-0.2, -0.15) is 0 Å². The third-order valence-electron chi connectivity index (χ3n) is 3.34. The van der Waals surface area contributed by atoms with Crippen LogP contribution in [0.5, 0.6) is 5.75 Å². The molecule has 0 aromatic heterocycles. The molecule has 0 saturated carbocycles. The van der Waals surface area contributed by atoms with Gasteiger partial charge in [0.1, 0.15) is 5.75 Å². The van der Waals surface area contributed by atoms with E-state index in [9.17, 15) is 5.11 Å². The van der Waals surface area contributed by atoms with E-state index in [-0.39, 0.29) is 5.54 Å². The second-order valence-corrected chi connectivity index (χ2v) is 4.32. The zero-order valence-corrected chi connectivity index (χ0v) is 10.1. The van der Waals surface area contributed by atoms with Crippen LogP contribution in [0.25, 0.3) is 0 Å². The van der Waals surface area contributed by atoms with E-state index in [0.29, 0.717) is 5.75 Å². The third-order valence-corrected chi connectivity index (χ3v) is 3.34. The molecule has 1 rings (SSSR count). The Hall–Kier alpha value is -1.02. The summed E-state index contributed by atoms with van der Waals surface area (Å²) in [7, 11) is 0. The van der Waals surface area contributed by atoms with Crippen molar-refractivity contribution in [1.29, 1.82) is 0 Å². The molecule has 0 heterocycles. The van der Waals surface area contributed by atoms with Gasteiger partial charge in [0, 0.05) is 5.54 Å². The van der Waals surface area contributed by atoms with Crippen molar-refractivity contribution in [1.82, 2.24) is 0 Å². The summed E-state index contributed by atoms with van der Waals surface area (Å²) in [5, 5.41) is 9.59. The molecule has 0 atom stereocenters. The molecule has 0 aliphatic heterocycles. The van der Waals surface area contributed by atoms with Crippen molar-refractivity contribution >= 4 is 0 Å². The molecular formula is C13H21NO. The Morgan fingerprint density at radius 2 is 1.67 bits per heavy atom. The van der Waals surface area contributed by atoms with E-state index in [1.807, 2.05) is 19.9 Å². The summed E-state index contributed by atoms with van der Waals surface area (Å²) in [6.45, 7) is 8.11. The number of hydrogen-bond acceptors (Lipinski definition) is 2. The molecular weight excluding hydrogens is 186 g/mol. The van der Waals surface area contributed by atoms with Crippen molar-refractivity contribution in [3.63, 3.8) is 0 Å². The molecule has 84 valence electrons. The van der Waals surface area contributed by atoms with Gasteiger partial charge in [0.25, 0.3) is 0 Å². The van der Waals surface area contributed by atoms with Gasteiger partial charge in [-0.25, -0.2) is 0 Å². The molecule has 0 bridgehead atoms. The number of hydrogen-bond donors (Lipinski definition) is 2. The largest absolute Gasteiger partial charge is 0.508 e. The Labute approximate surface area is 92.1 Å². The van der Waals surface area contributed by atoms with Gasteiger partial charge in [0.05, 0.1) is 0 Å². The molecule has 0 spiro atoms. The molecule has 1 aromatic rings. The fourth-order valence-electron chi connectivity index (χ4n) is 1.97. The standard InChI is InChI=1S/C13H21NO/c1-5-13(14,6-2)11-7-10(4)12(15)8-9(11)3/h7-8,15H,5-6,14H2,1-4H3. The van der Waals surface area contributed by atoms with E-state index >= 15 is 0 Å². The SMILES string of the molecule is CCC(N)(CC)c1cc(C)c(O)cc1C. The minimum atomic E-state index is -0.261. The number of nitrogens with two attached hydrogens (primary N) is 1. The highest BCUT2D eigenvalue weighted by Crippen LogP contribution is 2.32. The van der Waals surface area contributed by atoms with E-state index in [4.69, 9.17) is 5.73 Å². The van der Waals surface area contributed by atoms with Gasteiger partial charge in [-0.1, -0.05) is 19.9 Å². The Bertz CT molecular complexity index is 354. The molecule has 0 fully saturated rings. The summed E-state index contributed by atoms with van der Waals surface area (Å²) in [5.74, 6) is 0.353. The van der Waals surface area contributed by atoms with Gasteiger partial charge in [-0.05, 0) is 49.4 Å². The summed E-state index contributed by atoms with van der Waals surface area (Å²) in [6.07, 6.45) is 1.82. The number of aryl methyl sites for hydroxylation is 2. The maximum absolute atomic E-state index is 9.59. The first-order valence-electron chi connectivity index (χ1n) is 5.54. The highest BCUT2D eigenvalue weighted by atomic mass is 16.3. The molecule has 15 heavy (non-hydrogen) atoms. The van der Waals surface area contributed by atoms with Crippen LogP contribution in [0.15, 0.2) is 12.1 Å². The predicted molar refractivity (Wildman–Crippen MR) is 64.0 cm³/mol. The lowest BCUT2D eigenvalue weighted by Gasteiger charge is -2.29. The lowest BCUT2D eigenvalue weighted by Crippen LogP contribution is -2.35. The van der Waals surface area contributed by atoms with Crippen LogP contribution in [0.1, 0.15) is 43.4 Å². The molecule has 0 unspecified atom stereocenters. The summed E-state index contributed by atoms with van der Waals surface area (Å²) in [5.41, 5.74) is 9.22. The second-order valence-electron chi connectivity index (χ2n) is 4.32. The maximum atomic E-state index is 9.59. The van der Waals surface area contributed by atoms with Gasteiger partial charge in [-0.3, -0.25) is 0 Å². The highest BCUT2D eigenvalue weighted by molar-refractivity contribution is 5.43. The highest BCUT2D eigenvalue weighted by Gasteiger charge is 2.25. The van der Waals surface area contributed by atoms with Crippen molar-refractivity contribution in [3.05, 3.63) is 28.8 Å². The van der Waals surface area contributed by atoms with E-state index in [1.54, 1.807) is 6.07 Å². The van der Waals surface area contributed by atoms with Crippen LogP contribution in [0.3, 0.4) is 0 Å². The molecule has 3 N–H and O–H groups in total. The van der Waals surface area contributed by atoms with Gasteiger partial charge < -0.3 is 10.8 Å². The lowest BCUT2D eigenvalue weighted by atomic mass is 9.82. The maximum Gasteiger partial charge on any atom is 0.118 e. The molecule has 0 amide bonds. The fraction of sp³-hybridized carbons (Fsp3) is 0.538. The van der Waals surface area contributed by atoms with Crippen molar-refractivity contribution in [2.24, 2.45) is 5.73 Å². The summed E-state index contributed by atoms with van der Waals surface area (Å²) < 4.78 is 0. The van der Waals surface area contributed by atoms with Crippen LogP contribution in [0, 0.1) is 13.8 Å².